The Kier molecular flexibility index (Phi) is 10.7. The van der Waals surface area contributed by atoms with Gasteiger partial charge in [0.1, 0.15) is 0 Å². The van der Waals surface area contributed by atoms with Gasteiger partial charge in [0.2, 0.25) is 0 Å². The van der Waals surface area contributed by atoms with E-state index >= 15 is 0 Å². The Balaban J connectivity index is 0.843. The van der Waals surface area contributed by atoms with Gasteiger partial charge in [-0.2, -0.15) is 0 Å². The van der Waals surface area contributed by atoms with Crippen molar-refractivity contribution in [3.63, 3.8) is 0 Å². The van der Waals surface area contributed by atoms with Crippen LogP contribution in [0.4, 0.5) is 28.4 Å². The van der Waals surface area contributed by atoms with Crippen LogP contribution in [0, 0.1) is 12.8 Å². The predicted molar refractivity (Wildman–Crippen MR) is 280 cm³/mol. The molecule has 0 bridgehead atoms. The molecule has 2 aliphatic rings. The Hall–Kier alpha value is -8.20. The van der Waals surface area contributed by atoms with Gasteiger partial charge >= 0.3 is 0 Å². The monoisotopic (exact) mass is 832 g/mol. The molecule has 9 aromatic carbocycles. The highest BCUT2D eigenvalue weighted by atomic mass is 15.2. The summed E-state index contributed by atoms with van der Waals surface area (Å²) in [4.78, 5) is 4.82. The van der Waals surface area contributed by atoms with Gasteiger partial charge in [0.15, 0.2) is 0 Å². The molecule has 0 saturated heterocycles. The molecule has 310 valence electrons. The molecule has 9 aromatic rings. The number of allylic oxidation sites excluding steroid dienone is 5. The summed E-state index contributed by atoms with van der Waals surface area (Å²) < 4.78 is 0. The molecular formula is C63H48N2. The second-order valence-electron chi connectivity index (χ2n) is 17.1. The number of aryl methyl sites for hydroxylation is 1. The SMILES string of the molecule is Cc1ccc(N(c2ccc(/C=C\c3ccc4ccc5ccc(/C=C\c6ccc(N(c7ccccc7)c7cccc8ccccc78)cc6)cc5c4c3)cc2)C2C=CC=C3C=CC=CC32)cc1. The highest BCUT2D eigenvalue weighted by Crippen LogP contribution is 2.40. The Bertz CT molecular complexity index is 3360. The van der Waals surface area contributed by atoms with Crippen LogP contribution in [0.25, 0.3) is 56.6 Å². The molecule has 0 saturated carbocycles. The zero-order valence-corrected chi connectivity index (χ0v) is 36.4. The molecule has 2 atom stereocenters. The second-order valence-corrected chi connectivity index (χ2v) is 17.1. The normalized spacial score (nSPS) is 15.6. The number of hydrogen-bond donors (Lipinski definition) is 0. The molecule has 0 spiro atoms. The fraction of sp³-hybridized carbons (Fsp3) is 0.0476. The zero-order chi connectivity index (χ0) is 43.5. The number of fused-ring (bicyclic) bond motifs is 5. The average molecular weight is 833 g/mol. The van der Waals surface area contributed by atoms with Crippen molar-refractivity contribution in [1.82, 2.24) is 0 Å². The van der Waals surface area contributed by atoms with Crippen molar-refractivity contribution in [2.75, 3.05) is 9.80 Å². The summed E-state index contributed by atoms with van der Waals surface area (Å²) in [6.45, 7) is 2.15. The summed E-state index contributed by atoms with van der Waals surface area (Å²) in [5, 5.41) is 7.42. The molecule has 0 heterocycles. The second kappa shape index (κ2) is 17.5. The minimum absolute atomic E-state index is 0.175. The van der Waals surface area contributed by atoms with E-state index < -0.39 is 0 Å². The molecule has 2 heteroatoms. The van der Waals surface area contributed by atoms with Gasteiger partial charge in [-0.25, -0.2) is 0 Å². The standard InChI is InChI=1S/C63H48N2/c1-45-21-37-55(38-22-45)65(63-20-10-14-51-12-6-8-18-59(51)63)57-41-31-47(32-42-57)24-26-49-28-34-53-36-35-52-33-27-48(43-60(52)61(53)44-49)25-23-46-29-39-56(40-30-46)64(54-15-3-2-4-16-54)62-19-9-13-50-11-5-7-17-58(50)62/h2-44,59,63H,1H3/b25-23-,26-24-. The highest BCUT2D eigenvalue weighted by molar-refractivity contribution is 6.09. The van der Waals surface area contributed by atoms with E-state index in [2.05, 4.69) is 278 Å². The van der Waals surface area contributed by atoms with E-state index in [1.807, 2.05) is 0 Å². The first kappa shape index (κ1) is 39.6. The lowest BCUT2D eigenvalue weighted by Gasteiger charge is -2.38. The fourth-order valence-electron chi connectivity index (χ4n) is 9.46. The van der Waals surface area contributed by atoms with E-state index in [0.717, 1.165) is 28.2 Å². The van der Waals surface area contributed by atoms with Gasteiger partial charge in [-0.15, -0.1) is 0 Å². The maximum Gasteiger partial charge on any atom is 0.0628 e. The maximum absolute atomic E-state index is 2.48. The third-order valence-corrected chi connectivity index (χ3v) is 12.8. The third kappa shape index (κ3) is 8.15. The van der Waals surface area contributed by atoms with Crippen molar-refractivity contribution in [2.45, 2.75) is 13.0 Å². The molecule has 2 aliphatic carbocycles. The smallest absolute Gasteiger partial charge is 0.0628 e. The van der Waals surface area contributed by atoms with Crippen molar-refractivity contribution in [1.29, 1.82) is 0 Å². The van der Waals surface area contributed by atoms with Gasteiger partial charge in [0, 0.05) is 34.1 Å². The van der Waals surface area contributed by atoms with Crippen LogP contribution in [0.15, 0.2) is 242 Å². The Morgan fingerprint density at radius 1 is 0.400 bits per heavy atom. The number of hydrogen-bond acceptors (Lipinski definition) is 2. The molecule has 0 N–H and O–H groups in total. The minimum atomic E-state index is 0.175. The number of anilines is 5. The molecule has 0 radical (unpaired) electrons. The third-order valence-electron chi connectivity index (χ3n) is 12.8. The van der Waals surface area contributed by atoms with Crippen LogP contribution in [0.3, 0.4) is 0 Å². The highest BCUT2D eigenvalue weighted by Gasteiger charge is 2.29. The molecule has 0 amide bonds. The first-order chi connectivity index (χ1) is 32.1. The van der Waals surface area contributed by atoms with Gasteiger partial charge < -0.3 is 9.80 Å². The van der Waals surface area contributed by atoms with Crippen LogP contribution >= 0.6 is 0 Å². The van der Waals surface area contributed by atoms with Crippen LogP contribution in [0.1, 0.15) is 27.8 Å². The average Bonchev–Trinajstić information content (AvgIpc) is 3.37. The van der Waals surface area contributed by atoms with Crippen molar-refractivity contribution in [3.8, 4) is 0 Å². The number of para-hydroxylation sites is 1. The quantitative estimate of drug-likeness (QED) is 0.100. The van der Waals surface area contributed by atoms with E-state index in [0.29, 0.717) is 5.92 Å². The van der Waals surface area contributed by atoms with E-state index in [1.165, 1.54) is 66.0 Å². The topological polar surface area (TPSA) is 6.48 Å². The molecule has 2 unspecified atom stereocenters. The fourth-order valence-corrected chi connectivity index (χ4v) is 9.46. The summed E-state index contributed by atoms with van der Waals surface area (Å²) in [5.41, 5.74) is 13.0. The van der Waals surface area contributed by atoms with Gasteiger partial charge in [0.25, 0.3) is 0 Å². The van der Waals surface area contributed by atoms with Gasteiger partial charge in [-0.05, 0) is 128 Å². The Morgan fingerprint density at radius 2 is 0.923 bits per heavy atom. The summed E-state index contributed by atoms with van der Waals surface area (Å²) in [6.07, 6.45) is 24.6. The predicted octanol–water partition coefficient (Wildman–Crippen LogP) is 17.0. The Labute approximate surface area is 382 Å². The van der Waals surface area contributed by atoms with Crippen molar-refractivity contribution in [3.05, 3.63) is 270 Å². The summed E-state index contributed by atoms with van der Waals surface area (Å²) in [6, 6.07) is 70.7. The molecule has 65 heavy (non-hydrogen) atoms. The van der Waals surface area contributed by atoms with Gasteiger partial charge in [0.05, 0.1) is 11.7 Å². The van der Waals surface area contributed by atoms with Gasteiger partial charge in [-0.3, -0.25) is 0 Å². The van der Waals surface area contributed by atoms with E-state index in [9.17, 15) is 0 Å². The van der Waals surface area contributed by atoms with Crippen LogP contribution in [0.5, 0.6) is 0 Å². The first-order valence-corrected chi connectivity index (χ1v) is 22.6. The summed E-state index contributed by atoms with van der Waals surface area (Å²) in [7, 11) is 0. The Morgan fingerprint density at radius 3 is 1.60 bits per heavy atom. The van der Waals surface area contributed by atoms with Crippen LogP contribution < -0.4 is 9.80 Å². The molecule has 0 fully saturated rings. The molecule has 2 nitrogen and oxygen atoms in total. The van der Waals surface area contributed by atoms with Crippen molar-refractivity contribution < 1.29 is 0 Å². The lowest BCUT2D eigenvalue weighted by molar-refractivity contribution is 0.639. The number of benzene rings is 9. The van der Waals surface area contributed by atoms with E-state index in [1.54, 1.807) is 0 Å². The minimum Gasteiger partial charge on any atom is -0.334 e. The molecule has 0 aromatic heterocycles. The van der Waals surface area contributed by atoms with Crippen LogP contribution in [0.2, 0.25) is 0 Å². The van der Waals surface area contributed by atoms with Crippen molar-refractivity contribution >= 4 is 85.1 Å². The van der Waals surface area contributed by atoms with Crippen LogP contribution in [-0.4, -0.2) is 6.04 Å². The molecule has 11 rings (SSSR count). The van der Waals surface area contributed by atoms with Gasteiger partial charge in [-0.1, -0.05) is 200 Å². The lowest BCUT2D eigenvalue weighted by Crippen LogP contribution is -2.37. The lowest BCUT2D eigenvalue weighted by atomic mass is 9.83. The summed E-state index contributed by atoms with van der Waals surface area (Å²) in [5.74, 6) is 0.291. The largest absolute Gasteiger partial charge is 0.334 e. The van der Waals surface area contributed by atoms with E-state index in [-0.39, 0.29) is 6.04 Å². The molecule has 0 aliphatic heterocycles. The number of rotatable bonds is 10. The van der Waals surface area contributed by atoms with E-state index in [4.69, 9.17) is 0 Å². The van der Waals surface area contributed by atoms with Crippen molar-refractivity contribution in [2.24, 2.45) is 5.92 Å². The maximum atomic E-state index is 2.48. The number of nitrogens with zero attached hydrogens (tertiary/aromatic N) is 2. The van der Waals surface area contributed by atoms with Crippen LogP contribution in [-0.2, 0) is 0 Å². The zero-order valence-electron chi connectivity index (χ0n) is 36.4. The summed E-state index contributed by atoms with van der Waals surface area (Å²) >= 11 is 0. The first-order valence-electron chi connectivity index (χ1n) is 22.6. The molecular weight excluding hydrogens is 785 g/mol.